The molecule has 0 spiro atoms. The predicted molar refractivity (Wildman–Crippen MR) is 150 cm³/mol. The molecule has 0 fully saturated rings. The first-order valence-electron chi connectivity index (χ1n) is 12.3. The molecule has 7 aromatic rings. The van der Waals surface area contributed by atoms with Crippen molar-refractivity contribution in [2.45, 2.75) is 6.92 Å². The normalized spacial score (nSPS) is 11.6. The Balaban J connectivity index is 1.54. The minimum atomic E-state index is -0.278. The Morgan fingerprint density at radius 3 is 2.19 bits per heavy atom. The van der Waals surface area contributed by atoms with Gasteiger partial charge < -0.3 is 0 Å². The molecule has 176 valence electrons. The summed E-state index contributed by atoms with van der Waals surface area (Å²) in [7, 11) is 0. The average Bonchev–Trinajstić information content (AvgIpc) is 2.92. The van der Waals surface area contributed by atoms with Crippen molar-refractivity contribution in [3.63, 3.8) is 0 Å². The number of rotatable bonds is 2. The Labute approximate surface area is 212 Å². The standard InChI is InChI=1S/C34H21F2N/c1-20-14-23-7-9-25(16-26(23)17-33(20)36)34-32-19-30(24-8-6-21-4-2-3-5-22(21)15-24)28-11-10-27(35)18-31(28)29(32)12-13-37-34/h2-19H,1H3. The van der Waals surface area contributed by atoms with Crippen LogP contribution in [0, 0.1) is 18.6 Å². The fourth-order valence-electron chi connectivity index (χ4n) is 5.41. The largest absolute Gasteiger partial charge is 0.256 e. The predicted octanol–water partition coefficient (Wildman–Crippen LogP) is 9.62. The van der Waals surface area contributed by atoms with Crippen LogP contribution in [0.15, 0.2) is 109 Å². The lowest BCUT2D eigenvalue weighted by Gasteiger charge is -2.15. The minimum Gasteiger partial charge on any atom is -0.256 e. The van der Waals surface area contributed by atoms with Crippen LogP contribution in [0.25, 0.3) is 65.5 Å². The van der Waals surface area contributed by atoms with Gasteiger partial charge in [0.2, 0.25) is 0 Å². The molecule has 3 heteroatoms. The molecular formula is C34H21F2N. The maximum atomic E-state index is 14.5. The van der Waals surface area contributed by atoms with Crippen molar-refractivity contribution in [2.75, 3.05) is 0 Å². The summed E-state index contributed by atoms with van der Waals surface area (Å²) in [5.74, 6) is -0.505. The second-order valence-corrected chi connectivity index (χ2v) is 9.59. The monoisotopic (exact) mass is 481 g/mol. The van der Waals surface area contributed by atoms with Gasteiger partial charge in [0.1, 0.15) is 11.6 Å². The topological polar surface area (TPSA) is 12.9 Å². The fraction of sp³-hybridized carbons (Fsp3) is 0.0294. The molecule has 0 saturated carbocycles. The van der Waals surface area contributed by atoms with Gasteiger partial charge in [-0.2, -0.15) is 0 Å². The second kappa shape index (κ2) is 8.21. The average molecular weight is 482 g/mol. The van der Waals surface area contributed by atoms with Gasteiger partial charge in [-0.1, -0.05) is 54.6 Å². The van der Waals surface area contributed by atoms with Gasteiger partial charge in [-0.05, 0) is 110 Å². The molecule has 0 aliphatic heterocycles. The number of fused-ring (bicyclic) bond motifs is 5. The zero-order chi connectivity index (χ0) is 25.1. The summed E-state index contributed by atoms with van der Waals surface area (Å²) >= 11 is 0. The molecule has 6 aromatic carbocycles. The molecule has 37 heavy (non-hydrogen) atoms. The third-order valence-electron chi connectivity index (χ3n) is 7.29. The van der Waals surface area contributed by atoms with Gasteiger partial charge in [0, 0.05) is 17.1 Å². The fourth-order valence-corrected chi connectivity index (χ4v) is 5.41. The van der Waals surface area contributed by atoms with Crippen molar-refractivity contribution in [1.82, 2.24) is 4.98 Å². The van der Waals surface area contributed by atoms with Gasteiger partial charge in [0.25, 0.3) is 0 Å². The van der Waals surface area contributed by atoms with E-state index in [2.05, 4.69) is 36.4 Å². The number of halogens is 2. The van der Waals surface area contributed by atoms with Gasteiger partial charge in [0.15, 0.2) is 0 Å². The summed E-state index contributed by atoms with van der Waals surface area (Å²) < 4.78 is 28.9. The highest BCUT2D eigenvalue weighted by atomic mass is 19.1. The summed E-state index contributed by atoms with van der Waals surface area (Å²) in [5, 5.41) is 7.80. The lowest BCUT2D eigenvalue weighted by molar-refractivity contribution is 0.620. The maximum absolute atomic E-state index is 14.5. The summed E-state index contributed by atoms with van der Waals surface area (Å²) in [6, 6.07) is 33.2. The van der Waals surface area contributed by atoms with Crippen LogP contribution >= 0.6 is 0 Å². The van der Waals surface area contributed by atoms with E-state index in [1.165, 1.54) is 11.5 Å². The van der Waals surface area contributed by atoms with Crippen molar-refractivity contribution in [1.29, 1.82) is 0 Å². The smallest absolute Gasteiger partial charge is 0.126 e. The van der Waals surface area contributed by atoms with Gasteiger partial charge in [0.05, 0.1) is 5.69 Å². The second-order valence-electron chi connectivity index (χ2n) is 9.59. The lowest BCUT2D eigenvalue weighted by Crippen LogP contribution is -1.91. The Hall–Kier alpha value is -4.63. The third-order valence-corrected chi connectivity index (χ3v) is 7.29. The Morgan fingerprint density at radius 2 is 1.30 bits per heavy atom. The Bertz CT molecular complexity index is 2020. The molecule has 0 radical (unpaired) electrons. The van der Waals surface area contributed by atoms with Crippen molar-refractivity contribution in [3.05, 3.63) is 127 Å². The lowest BCUT2D eigenvalue weighted by atomic mass is 9.90. The molecule has 0 aliphatic carbocycles. The Kier molecular flexibility index (Phi) is 4.80. The van der Waals surface area contributed by atoms with Crippen LogP contribution in [0.5, 0.6) is 0 Å². The molecule has 0 unspecified atom stereocenters. The quantitative estimate of drug-likeness (QED) is 0.224. The van der Waals surface area contributed by atoms with E-state index in [0.29, 0.717) is 5.56 Å². The van der Waals surface area contributed by atoms with Crippen LogP contribution in [-0.4, -0.2) is 4.98 Å². The molecule has 0 N–H and O–H groups in total. The van der Waals surface area contributed by atoms with Crippen LogP contribution in [0.3, 0.4) is 0 Å². The van der Waals surface area contributed by atoms with Crippen LogP contribution in [-0.2, 0) is 0 Å². The van der Waals surface area contributed by atoms with Crippen LogP contribution in [0.2, 0.25) is 0 Å². The van der Waals surface area contributed by atoms with E-state index in [-0.39, 0.29) is 11.6 Å². The highest BCUT2D eigenvalue weighted by Gasteiger charge is 2.15. The zero-order valence-electron chi connectivity index (χ0n) is 20.1. The van der Waals surface area contributed by atoms with Gasteiger partial charge in [-0.15, -0.1) is 0 Å². The first-order chi connectivity index (χ1) is 18.0. The van der Waals surface area contributed by atoms with Crippen LogP contribution < -0.4 is 0 Å². The number of nitrogens with zero attached hydrogens (tertiary/aromatic N) is 1. The SMILES string of the molecule is Cc1cc2ccc(-c3nccc4c3cc(-c3ccc5ccccc5c3)c3ccc(F)cc34)cc2cc1F. The van der Waals surface area contributed by atoms with Crippen molar-refractivity contribution in [2.24, 2.45) is 0 Å². The minimum absolute atomic E-state index is 0.226. The van der Waals surface area contributed by atoms with E-state index >= 15 is 0 Å². The highest BCUT2D eigenvalue weighted by molar-refractivity contribution is 6.17. The molecule has 0 atom stereocenters. The third kappa shape index (κ3) is 3.54. The number of aryl methyl sites for hydroxylation is 1. The molecule has 1 heterocycles. The highest BCUT2D eigenvalue weighted by Crippen LogP contribution is 2.39. The molecule has 1 aromatic heterocycles. The molecule has 0 amide bonds. The number of hydrogen-bond donors (Lipinski definition) is 0. The van der Waals surface area contributed by atoms with E-state index in [1.807, 2.05) is 48.5 Å². The van der Waals surface area contributed by atoms with Crippen molar-refractivity contribution >= 4 is 43.1 Å². The van der Waals surface area contributed by atoms with E-state index in [0.717, 1.165) is 60.1 Å². The van der Waals surface area contributed by atoms with Crippen LogP contribution in [0.1, 0.15) is 5.56 Å². The van der Waals surface area contributed by atoms with Crippen LogP contribution in [0.4, 0.5) is 8.78 Å². The number of aromatic nitrogens is 1. The zero-order valence-corrected chi connectivity index (χ0v) is 20.1. The summed E-state index contributed by atoms with van der Waals surface area (Å²) in [5.41, 5.74) is 4.38. The molecule has 0 saturated heterocycles. The molecule has 1 nitrogen and oxygen atoms in total. The number of benzene rings is 6. The van der Waals surface area contributed by atoms with Gasteiger partial charge in [-0.25, -0.2) is 8.78 Å². The first kappa shape index (κ1) is 21.6. The van der Waals surface area contributed by atoms with Gasteiger partial charge >= 0.3 is 0 Å². The Morgan fingerprint density at radius 1 is 0.541 bits per heavy atom. The first-order valence-corrected chi connectivity index (χ1v) is 12.3. The summed E-state index contributed by atoms with van der Waals surface area (Å²) in [4.78, 5) is 4.75. The number of pyridine rings is 1. The summed E-state index contributed by atoms with van der Waals surface area (Å²) in [6.45, 7) is 1.77. The van der Waals surface area contributed by atoms with E-state index in [4.69, 9.17) is 4.98 Å². The molecule has 0 bridgehead atoms. The molecular weight excluding hydrogens is 460 g/mol. The number of hydrogen-bond acceptors (Lipinski definition) is 1. The molecule has 0 aliphatic rings. The van der Waals surface area contributed by atoms with Crippen molar-refractivity contribution in [3.8, 4) is 22.4 Å². The summed E-state index contributed by atoms with van der Waals surface area (Å²) in [6.07, 6.45) is 1.76. The van der Waals surface area contributed by atoms with Gasteiger partial charge in [-0.3, -0.25) is 4.98 Å². The molecule has 7 rings (SSSR count). The van der Waals surface area contributed by atoms with Crippen molar-refractivity contribution < 1.29 is 8.78 Å². The van der Waals surface area contributed by atoms with E-state index < -0.39 is 0 Å². The van der Waals surface area contributed by atoms with E-state index in [1.54, 1.807) is 25.3 Å². The maximum Gasteiger partial charge on any atom is 0.126 e. The van der Waals surface area contributed by atoms with E-state index in [9.17, 15) is 8.78 Å².